The number of carboxylic acids is 2. The Bertz CT molecular complexity index is 1380. The van der Waals surface area contributed by atoms with Crippen LogP contribution in [0.25, 0.3) is 11.6 Å². The number of fused-ring (bicyclic) bond motifs is 1. The van der Waals surface area contributed by atoms with Crippen LogP contribution >= 0.6 is 0 Å². The summed E-state index contributed by atoms with van der Waals surface area (Å²) in [6, 6.07) is 8.23. The summed E-state index contributed by atoms with van der Waals surface area (Å²) in [6.07, 6.45) is 8.18. The van der Waals surface area contributed by atoms with Gasteiger partial charge in [0.1, 0.15) is 11.3 Å². The average molecular weight is 532 g/mol. The Labute approximate surface area is 229 Å². The molecule has 0 amide bonds. The van der Waals surface area contributed by atoms with Crippen molar-refractivity contribution in [3.8, 4) is 5.75 Å². The highest BCUT2D eigenvalue weighted by Gasteiger charge is 2.40. The highest BCUT2D eigenvalue weighted by atomic mass is 16.4. The van der Waals surface area contributed by atoms with Crippen LogP contribution in [0.4, 0.5) is 0 Å². The minimum atomic E-state index is -1.21. The molecule has 1 aliphatic heterocycles. The normalized spacial score (nSPS) is 18.4. The number of carbonyl (C=O) groups excluding carboxylic acids is 1. The summed E-state index contributed by atoms with van der Waals surface area (Å²) in [5, 5.41) is 28.2. The highest BCUT2D eigenvalue weighted by molar-refractivity contribution is 6.07. The molecule has 0 aromatic heterocycles. The number of hydrogen-bond acceptors (Lipinski definition) is 5. The summed E-state index contributed by atoms with van der Waals surface area (Å²) in [4.78, 5) is 37.8. The SMILES string of the molecule is CC1(C)CCC(C)(C)c2c(C3=CCN(CCC(=O)O)CC3)cc(C(=O)/C=C\c3ccc(C(=O)O)c(O)c3)cc21. The van der Waals surface area contributed by atoms with Crippen LogP contribution in [0.5, 0.6) is 5.75 Å². The lowest BCUT2D eigenvalue weighted by Gasteiger charge is -2.44. The molecule has 0 atom stereocenters. The van der Waals surface area contributed by atoms with Gasteiger partial charge in [-0.15, -0.1) is 0 Å². The van der Waals surface area contributed by atoms with E-state index in [4.69, 9.17) is 10.2 Å². The topological polar surface area (TPSA) is 115 Å². The second-order valence-electron chi connectivity index (χ2n) is 11.9. The maximum absolute atomic E-state index is 13.4. The van der Waals surface area contributed by atoms with E-state index in [0.29, 0.717) is 24.2 Å². The third-order valence-electron chi connectivity index (χ3n) is 8.16. The number of phenols is 1. The zero-order valence-electron chi connectivity index (χ0n) is 23.1. The van der Waals surface area contributed by atoms with Crippen molar-refractivity contribution in [2.24, 2.45) is 0 Å². The van der Waals surface area contributed by atoms with Gasteiger partial charge >= 0.3 is 11.9 Å². The quantitative estimate of drug-likeness (QED) is 0.287. The number of allylic oxidation sites excluding steroid dienone is 1. The molecule has 4 rings (SSSR count). The predicted molar refractivity (Wildman–Crippen MR) is 151 cm³/mol. The van der Waals surface area contributed by atoms with Crippen LogP contribution < -0.4 is 0 Å². The molecule has 0 unspecified atom stereocenters. The number of aromatic hydroxyl groups is 1. The van der Waals surface area contributed by atoms with Gasteiger partial charge in [-0.1, -0.05) is 45.9 Å². The van der Waals surface area contributed by atoms with Gasteiger partial charge in [-0.3, -0.25) is 14.5 Å². The molecule has 3 N–H and O–H groups in total. The molecule has 2 aromatic carbocycles. The molecule has 0 radical (unpaired) electrons. The number of aromatic carboxylic acids is 1. The summed E-state index contributed by atoms with van der Waals surface area (Å²) >= 11 is 0. The molecule has 7 nitrogen and oxygen atoms in total. The molecule has 39 heavy (non-hydrogen) atoms. The van der Waals surface area contributed by atoms with Crippen molar-refractivity contribution >= 4 is 29.4 Å². The first-order valence-corrected chi connectivity index (χ1v) is 13.4. The molecular weight excluding hydrogens is 494 g/mol. The van der Waals surface area contributed by atoms with Crippen LogP contribution in [-0.4, -0.2) is 57.6 Å². The van der Waals surface area contributed by atoms with Crippen LogP contribution in [0.1, 0.15) is 96.3 Å². The van der Waals surface area contributed by atoms with E-state index in [9.17, 15) is 19.5 Å². The van der Waals surface area contributed by atoms with Crippen LogP contribution in [0.3, 0.4) is 0 Å². The maximum atomic E-state index is 13.4. The zero-order chi connectivity index (χ0) is 28.5. The van der Waals surface area contributed by atoms with E-state index >= 15 is 0 Å². The molecule has 0 spiro atoms. The lowest BCUT2D eigenvalue weighted by Crippen LogP contribution is -2.36. The molecule has 2 aromatic rings. The van der Waals surface area contributed by atoms with Crippen LogP contribution in [0.2, 0.25) is 0 Å². The molecule has 7 heteroatoms. The molecule has 0 fully saturated rings. The van der Waals surface area contributed by atoms with E-state index in [1.165, 1.54) is 34.9 Å². The molecule has 1 aliphatic carbocycles. The molecule has 1 heterocycles. The fourth-order valence-corrected chi connectivity index (χ4v) is 5.70. The van der Waals surface area contributed by atoms with E-state index in [0.717, 1.165) is 31.4 Å². The first kappa shape index (κ1) is 28.3. The van der Waals surface area contributed by atoms with Crippen molar-refractivity contribution in [3.05, 3.63) is 75.9 Å². The van der Waals surface area contributed by atoms with Crippen molar-refractivity contribution < 1.29 is 29.7 Å². The van der Waals surface area contributed by atoms with Gasteiger partial charge in [0.2, 0.25) is 0 Å². The Morgan fingerprint density at radius 1 is 1.00 bits per heavy atom. The zero-order valence-corrected chi connectivity index (χ0v) is 23.1. The van der Waals surface area contributed by atoms with Gasteiger partial charge in [-0.05, 0) is 88.3 Å². The van der Waals surface area contributed by atoms with Crippen molar-refractivity contribution in [2.75, 3.05) is 19.6 Å². The molecule has 0 saturated heterocycles. The number of carboxylic acid groups (broad SMARTS) is 2. The minimum Gasteiger partial charge on any atom is -0.507 e. The average Bonchev–Trinajstić information content (AvgIpc) is 2.88. The van der Waals surface area contributed by atoms with Crippen LogP contribution in [0, 0.1) is 0 Å². The summed E-state index contributed by atoms with van der Waals surface area (Å²) in [7, 11) is 0. The Hall–Kier alpha value is -3.71. The first-order chi connectivity index (χ1) is 18.3. The number of benzene rings is 2. The minimum absolute atomic E-state index is 0.0533. The van der Waals surface area contributed by atoms with Crippen molar-refractivity contribution in [3.63, 3.8) is 0 Å². The van der Waals surface area contributed by atoms with Gasteiger partial charge in [-0.2, -0.15) is 0 Å². The molecule has 206 valence electrons. The van der Waals surface area contributed by atoms with E-state index < -0.39 is 11.9 Å². The lowest BCUT2D eigenvalue weighted by molar-refractivity contribution is -0.137. The Morgan fingerprint density at radius 3 is 2.33 bits per heavy atom. The van der Waals surface area contributed by atoms with E-state index in [-0.39, 0.29) is 34.3 Å². The van der Waals surface area contributed by atoms with Gasteiger partial charge in [0.15, 0.2) is 5.78 Å². The number of ketones is 1. The Morgan fingerprint density at radius 2 is 1.72 bits per heavy atom. The number of hydrogen-bond donors (Lipinski definition) is 3. The Kier molecular flexibility index (Phi) is 7.84. The van der Waals surface area contributed by atoms with E-state index in [1.54, 1.807) is 12.1 Å². The molecule has 2 aliphatic rings. The predicted octanol–water partition coefficient (Wildman–Crippen LogP) is 5.90. The second-order valence-corrected chi connectivity index (χ2v) is 11.9. The van der Waals surface area contributed by atoms with Crippen molar-refractivity contribution in [1.29, 1.82) is 0 Å². The highest BCUT2D eigenvalue weighted by Crippen LogP contribution is 2.49. The van der Waals surface area contributed by atoms with E-state index in [2.05, 4.69) is 38.7 Å². The fraction of sp³-hybridized carbons (Fsp3) is 0.406. The lowest BCUT2D eigenvalue weighted by atomic mass is 9.61. The fourth-order valence-electron chi connectivity index (χ4n) is 5.70. The third-order valence-corrected chi connectivity index (χ3v) is 8.16. The number of nitrogens with zero attached hydrogens (tertiary/aromatic N) is 1. The van der Waals surface area contributed by atoms with Crippen LogP contribution in [0.15, 0.2) is 42.5 Å². The number of rotatable bonds is 8. The van der Waals surface area contributed by atoms with Gasteiger partial charge in [0.05, 0.1) is 6.42 Å². The van der Waals surface area contributed by atoms with Gasteiger partial charge in [0.25, 0.3) is 0 Å². The monoisotopic (exact) mass is 531 g/mol. The maximum Gasteiger partial charge on any atom is 0.339 e. The molecule has 0 bridgehead atoms. The summed E-state index contributed by atoms with van der Waals surface area (Å²) in [6.45, 7) is 10.9. The summed E-state index contributed by atoms with van der Waals surface area (Å²) in [5.74, 6) is -2.53. The molecular formula is C32H37NO6. The second kappa shape index (κ2) is 10.8. The smallest absolute Gasteiger partial charge is 0.339 e. The number of carbonyl (C=O) groups is 3. The van der Waals surface area contributed by atoms with Crippen LogP contribution in [-0.2, 0) is 15.6 Å². The third kappa shape index (κ3) is 6.14. The first-order valence-electron chi connectivity index (χ1n) is 13.4. The largest absolute Gasteiger partial charge is 0.507 e. The standard InChI is InChI=1S/C32H37NO6/c1-31(2)12-13-32(3,4)29-24(21-9-14-33(15-10-21)16-11-28(36)37)18-22(19-25(29)31)26(34)8-6-20-5-7-23(30(38)39)27(35)17-20/h5-9,17-19,35H,10-16H2,1-4H3,(H,36,37)(H,38,39)/b8-6-. The number of aliphatic carboxylic acids is 1. The van der Waals surface area contributed by atoms with Gasteiger partial charge < -0.3 is 15.3 Å². The van der Waals surface area contributed by atoms with E-state index in [1.807, 2.05) is 12.1 Å². The molecule has 0 saturated carbocycles. The van der Waals surface area contributed by atoms with Crippen molar-refractivity contribution in [1.82, 2.24) is 4.90 Å². The van der Waals surface area contributed by atoms with Gasteiger partial charge in [0, 0.05) is 25.2 Å². The summed E-state index contributed by atoms with van der Waals surface area (Å²) < 4.78 is 0. The van der Waals surface area contributed by atoms with Gasteiger partial charge in [-0.25, -0.2) is 4.79 Å². The summed E-state index contributed by atoms with van der Waals surface area (Å²) in [5.41, 5.74) is 5.55. The Balaban J connectivity index is 1.72. The van der Waals surface area contributed by atoms with Crippen molar-refractivity contribution in [2.45, 2.75) is 64.2 Å².